The molecular formula is C47H89ClN2O3. The van der Waals surface area contributed by atoms with E-state index in [2.05, 4.69) is 84.3 Å². The Hall–Kier alpha value is -1.85. The van der Waals surface area contributed by atoms with Gasteiger partial charge in [0, 0.05) is 34.5 Å². The molecule has 1 aliphatic carbocycles. The van der Waals surface area contributed by atoms with Gasteiger partial charge in [0.25, 0.3) is 0 Å². The number of amides is 1. The molecule has 2 unspecified atom stereocenters. The first-order valence-electron chi connectivity index (χ1n) is 21.3. The van der Waals surface area contributed by atoms with Crippen LogP contribution in [0.5, 0.6) is 0 Å². The van der Waals surface area contributed by atoms with E-state index in [1.807, 2.05) is 60.6 Å². The Morgan fingerprint density at radius 3 is 1.77 bits per heavy atom. The van der Waals surface area contributed by atoms with E-state index in [1.165, 1.54) is 82.7 Å². The van der Waals surface area contributed by atoms with E-state index in [4.69, 9.17) is 16.3 Å². The Balaban J connectivity index is -0.000000621. The highest BCUT2D eigenvalue weighted by Crippen LogP contribution is 2.35. The summed E-state index contributed by atoms with van der Waals surface area (Å²) in [5.74, 6) is 1.12. The van der Waals surface area contributed by atoms with Gasteiger partial charge in [-0.25, -0.2) is 0 Å². The summed E-state index contributed by atoms with van der Waals surface area (Å²) >= 11 is 5.91. The number of likely N-dealkylation sites (tertiary alicyclic amines) is 1. The highest BCUT2D eigenvalue weighted by Gasteiger charge is 2.31. The van der Waals surface area contributed by atoms with Crippen LogP contribution in [0.25, 0.3) is 0 Å². The van der Waals surface area contributed by atoms with Crippen molar-refractivity contribution in [2.75, 3.05) is 19.7 Å². The molecule has 1 saturated heterocycles. The lowest BCUT2D eigenvalue weighted by Gasteiger charge is -2.35. The number of aldehydes is 1. The molecule has 2 atom stereocenters. The summed E-state index contributed by atoms with van der Waals surface area (Å²) in [5, 5.41) is 3.99. The summed E-state index contributed by atoms with van der Waals surface area (Å²) in [5.41, 5.74) is 1.94. The molecule has 0 radical (unpaired) electrons. The zero-order chi connectivity index (χ0) is 41.5. The van der Waals surface area contributed by atoms with Crippen molar-refractivity contribution in [2.45, 2.75) is 205 Å². The summed E-state index contributed by atoms with van der Waals surface area (Å²) < 4.78 is 4.90. The Kier molecular flexibility index (Phi) is 33.9. The van der Waals surface area contributed by atoms with E-state index in [0.717, 1.165) is 43.6 Å². The molecule has 0 aromatic heterocycles. The molecule has 1 aliphatic heterocycles. The van der Waals surface area contributed by atoms with Crippen LogP contribution >= 0.6 is 11.6 Å². The zero-order valence-electron chi connectivity index (χ0n) is 37.8. The third-order valence-corrected chi connectivity index (χ3v) is 9.90. The van der Waals surface area contributed by atoms with Crippen LogP contribution in [0.3, 0.4) is 0 Å². The van der Waals surface area contributed by atoms with Crippen LogP contribution in [-0.4, -0.2) is 48.4 Å². The molecule has 1 aromatic rings. The number of carbonyl (C=O) groups excluding carboxylic acids is 2. The normalized spacial score (nSPS) is 17.2. The maximum atomic E-state index is 11.8. The Morgan fingerprint density at radius 2 is 1.42 bits per heavy atom. The molecule has 1 aromatic carbocycles. The third-order valence-electron chi connectivity index (χ3n) is 9.65. The van der Waals surface area contributed by atoms with Crippen molar-refractivity contribution in [2.24, 2.45) is 16.7 Å². The van der Waals surface area contributed by atoms with Crippen molar-refractivity contribution in [3.63, 3.8) is 0 Å². The monoisotopic (exact) mass is 765 g/mol. The van der Waals surface area contributed by atoms with Crippen LogP contribution in [-0.2, 0) is 14.3 Å². The first-order valence-corrected chi connectivity index (χ1v) is 21.7. The number of halogens is 1. The molecule has 3 rings (SSSR count). The number of hydrogen-bond acceptors (Lipinski definition) is 4. The number of ether oxygens (including phenoxy) is 1. The van der Waals surface area contributed by atoms with Gasteiger partial charge in [-0.2, -0.15) is 0 Å². The van der Waals surface area contributed by atoms with Crippen LogP contribution in [0.4, 0.5) is 0 Å². The van der Waals surface area contributed by atoms with E-state index in [-0.39, 0.29) is 17.2 Å². The van der Waals surface area contributed by atoms with Crippen LogP contribution < -0.4 is 5.32 Å². The minimum absolute atomic E-state index is 0.187. The average Bonchev–Trinajstić information content (AvgIpc) is 3.63. The Morgan fingerprint density at radius 1 is 0.925 bits per heavy atom. The van der Waals surface area contributed by atoms with Crippen LogP contribution in [0, 0.1) is 16.7 Å². The number of benzene rings is 1. The predicted molar refractivity (Wildman–Crippen MR) is 236 cm³/mol. The second kappa shape index (κ2) is 32.4. The molecule has 1 heterocycles. The standard InChI is InChI=1S/C14H20ClN.C13H25NO.C7H14O.C6H14.C5H10O.C2H6/c1-14(2,3)16-9-8-12(10-16)11-4-6-13(15)7-5-11;1-12(2,3)11(15)14-10-6-8-13(4,5)9-7-10;1-3-5-6-7-8-4-2;1-3-5-6-4-2;1-3-5(2)4-6;1-2/h4-7,12H,8-10H2,1-3H3;10H,6-9H2,1-5H3,(H,14,15);4H,2-3,5-7H2,1H3;3-6H2,1-2H3;4-5H,3H2,1-2H3;1-2H3. The van der Waals surface area contributed by atoms with Crippen molar-refractivity contribution in [1.29, 1.82) is 0 Å². The van der Waals surface area contributed by atoms with E-state index in [0.29, 0.717) is 22.9 Å². The van der Waals surface area contributed by atoms with Gasteiger partial charge in [0.15, 0.2) is 0 Å². The van der Waals surface area contributed by atoms with Crippen molar-refractivity contribution in [3.05, 3.63) is 47.7 Å². The summed E-state index contributed by atoms with van der Waals surface area (Å²) in [7, 11) is 0. The average molecular weight is 766 g/mol. The molecule has 0 spiro atoms. The lowest BCUT2D eigenvalue weighted by atomic mass is 9.75. The predicted octanol–water partition coefficient (Wildman–Crippen LogP) is 14.2. The fraction of sp³-hybridized carbons (Fsp3) is 0.787. The maximum absolute atomic E-state index is 11.8. The topological polar surface area (TPSA) is 58.6 Å². The van der Waals surface area contributed by atoms with Gasteiger partial charge in [-0.15, -0.1) is 0 Å². The van der Waals surface area contributed by atoms with Gasteiger partial charge in [-0.3, -0.25) is 9.69 Å². The summed E-state index contributed by atoms with van der Waals surface area (Å²) in [6, 6.07) is 8.73. The van der Waals surface area contributed by atoms with Gasteiger partial charge in [0.2, 0.25) is 5.91 Å². The number of carbonyl (C=O) groups is 2. The van der Waals surface area contributed by atoms with Gasteiger partial charge < -0.3 is 14.8 Å². The van der Waals surface area contributed by atoms with Gasteiger partial charge in [0.1, 0.15) is 6.29 Å². The van der Waals surface area contributed by atoms with Crippen LogP contribution in [0.15, 0.2) is 37.1 Å². The van der Waals surface area contributed by atoms with Gasteiger partial charge in [-0.1, -0.05) is 152 Å². The van der Waals surface area contributed by atoms with Crippen molar-refractivity contribution in [1.82, 2.24) is 10.2 Å². The lowest BCUT2D eigenvalue weighted by molar-refractivity contribution is -0.129. The number of hydrogen-bond donors (Lipinski definition) is 1. The Bertz CT molecular complexity index is 996. The largest absolute Gasteiger partial charge is 0.502 e. The van der Waals surface area contributed by atoms with E-state index in [1.54, 1.807) is 0 Å². The van der Waals surface area contributed by atoms with Crippen LogP contribution in [0.2, 0.25) is 5.02 Å². The quantitative estimate of drug-likeness (QED) is 0.131. The molecule has 1 N–H and O–H groups in total. The molecule has 2 aliphatic rings. The Labute approximate surface area is 336 Å². The summed E-state index contributed by atoms with van der Waals surface area (Å²) in [4.78, 5) is 24.1. The SMILES string of the molecule is C=COCCCCC.CC.CC(C)(C)N1CCC(c2ccc(Cl)cc2)C1.CC1(C)CCC(NC(=O)C(C)(C)C)CC1.CCC(C)C=O.CCCCCC. The van der Waals surface area contributed by atoms with Crippen LogP contribution in [0.1, 0.15) is 199 Å². The zero-order valence-corrected chi connectivity index (χ0v) is 38.5. The minimum Gasteiger partial charge on any atom is -0.502 e. The molecule has 1 amide bonds. The fourth-order valence-corrected chi connectivity index (χ4v) is 5.56. The molecule has 5 nitrogen and oxygen atoms in total. The number of nitrogens with one attached hydrogen (secondary N) is 1. The molecule has 2 fully saturated rings. The molecule has 6 heteroatoms. The molecule has 0 bridgehead atoms. The fourth-order valence-electron chi connectivity index (χ4n) is 5.44. The van der Waals surface area contributed by atoms with Crippen molar-refractivity contribution < 1.29 is 14.3 Å². The van der Waals surface area contributed by atoms with E-state index >= 15 is 0 Å². The summed E-state index contributed by atoms with van der Waals surface area (Å²) in [6.07, 6.45) is 18.6. The summed E-state index contributed by atoms with van der Waals surface area (Å²) in [6.45, 7) is 38.6. The first-order chi connectivity index (χ1) is 24.8. The van der Waals surface area contributed by atoms with E-state index < -0.39 is 0 Å². The molecule has 53 heavy (non-hydrogen) atoms. The highest BCUT2D eigenvalue weighted by molar-refractivity contribution is 6.30. The molecule has 312 valence electrons. The minimum atomic E-state index is -0.257. The smallest absolute Gasteiger partial charge is 0.225 e. The molecule has 1 saturated carbocycles. The highest BCUT2D eigenvalue weighted by atomic mass is 35.5. The van der Waals surface area contributed by atoms with Gasteiger partial charge in [0.05, 0.1) is 12.9 Å². The van der Waals surface area contributed by atoms with Gasteiger partial charge >= 0.3 is 0 Å². The second-order valence-corrected chi connectivity index (χ2v) is 17.7. The number of nitrogens with zero attached hydrogens (tertiary/aromatic N) is 1. The molecular weight excluding hydrogens is 676 g/mol. The number of rotatable bonds is 12. The lowest BCUT2D eigenvalue weighted by Crippen LogP contribution is -2.44. The maximum Gasteiger partial charge on any atom is 0.225 e. The number of unbranched alkanes of at least 4 members (excludes halogenated alkanes) is 5. The van der Waals surface area contributed by atoms with Gasteiger partial charge in [-0.05, 0) is 101 Å². The van der Waals surface area contributed by atoms with Crippen molar-refractivity contribution in [3.8, 4) is 0 Å². The first kappa shape index (κ1) is 55.5. The second-order valence-electron chi connectivity index (χ2n) is 17.3. The third kappa shape index (κ3) is 31.1. The van der Waals surface area contributed by atoms with Crippen molar-refractivity contribution >= 4 is 23.8 Å². The van der Waals surface area contributed by atoms with E-state index in [9.17, 15) is 9.59 Å².